The topological polar surface area (TPSA) is 86.8 Å². The molecular weight excluding hydrogens is 530 g/mol. The molecule has 7 nitrogen and oxygen atoms in total. The Morgan fingerprint density at radius 1 is 1.03 bits per heavy atom. The molecule has 0 bridgehead atoms. The predicted octanol–water partition coefficient (Wildman–Crippen LogP) is 4.55. The van der Waals surface area contributed by atoms with Crippen LogP contribution in [0.4, 0.5) is 5.69 Å². The Kier molecular flexibility index (Phi) is 10.3. The number of amides is 2. The first-order valence-corrected chi connectivity index (χ1v) is 14.4. The molecule has 0 aromatic heterocycles. The van der Waals surface area contributed by atoms with Gasteiger partial charge in [-0.25, -0.2) is 8.42 Å². The highest BCUT2D eigenvalue weighted by atomic mass is 79.9. The maximum Gasteiger partial charge on any atom is 0.244 e. The molecule has 192 valence electrons. The fourth-order valence-electron chi connectivity index (χ4n) is 3.65. The molecule has 35 heavy (non-hydrogen) atoms. The number of hydrogen-bond acceptors (Lipinski definition) is 4. The van der Waals surface area contributed by atoms with Gasteiger partial charge in [-0.1, -0.05) is 59.6 Å². The highest BCUT2D eigenvalue weighted by Gasteiger charge is 2.32. The fourth-order valence-corrected chi connectivity index (χ4v) is 4.74. The van der Waals surface area contributed by atoms with Gasteiger partial charge in [0, 0.05) is 17.1 Å². The first-order valence-electron chi connectivity index (χ1n) is 11.8. The molecule has 0 saturated carbocycles. The number of nitrogens with zero attached hydrogens (tertiary/aromatic N) is 2. The largest absolute Gasteiger partial charge is 0.352 e. The average Bonchev–Trinajstić information content (AvgIpc) is 2.79. The Morgan fingerprint density at radius 3 is 2.17 bits per heavy atom. The minimum Gasteiger partial charge on any atom is -0.352 e. The van der Waals surface area contributed by atoms with Crippen molar-refractivity contribution in [1.29, 1.82) is 0 Å². The van der Waals surface area contributed by atoms with E-state index in [1.165, 1.54) is 4.90 Å². The fraction of sp³-hybridized carbons (Fsp3) is 0.462. The number of halogens is 1. The number of carbonyl (C=O) groups excluding carboxylic acids is 2. The van der Waals surface area contributed by atoms with Gasteiger partial charge in [0.2, 0.25) is 21.8 Å². The van der Waals surface area contributed by atoms with E-state index in [0.29, 0.717) is 12.1 Å². The van der Waals surface area contributed by atoms with Crippen molar-refractivity contribution in [2.24, 2.45) is 0 Å². The van der Waals surface area contributed by atoms with Crippen LogP contribution in [-0.2, 0) is 26.2 Å². The van der Waals surface area contributed by atoms with Crippen LogP contribution in [0.2, 0.25) is 0 Å². The second-order valence-electron chi connectivity index (χ2n) is 8.95. The van der Waals surface area contributed by atoms with E-state index in [9.17, 15) is 18.0 Å². The van der Waals surface area contributed by atoms with Crippen LogP contribution in [0.25, 0.3) is 0 Å². The third kappa shape index (κ3) is 8.07. The summed E-state index contributed by atoms with van der Waals surface area (Å²) in [6, 6.07) is 12.1. The molecule has 9 heteroatoms. The highest BCUT2D eigenvalue weighted by molar-refractivity contribution is 9.10. The molecule has 2 aromatic rings. The average molecular weight is 567 g/mol. The van der Waals surface area contributed by atoms with Gasteiger partial charge in [0.05, 0.1) is 11.9 Å². The van der Waals surface area contributed by atoms with Crippen molar-refractivity contribution in [2.75, 3.05) is 17.1 Å². The Labute approximate surface area is 218 Å². The summed E-state index contributed by atoms with van der Waals surface area (Å²) in [5.74, 6) is -0.685. The van der Waals surface area contributed by atoms with Gasteiger partial charge in [-0.3, -0.25) is 13.9 Å². The Morgan fingerprint density at radius 2 is 1.66 bits per heavy atom. The van der Waals surface area contributed by atoms with Crippen molar-refractivity contribution in [3.8, 4) is 0 Å². The zero-order valence-corrected chi connectivity index (χ0v) is 23.7. The summed E-state index contributed by atoms with van der Waals surface area (Å²) in [6.45, 7) is 9.37. The SMILES string of the molecule is CC[C@@H](C)NC(=O)[C@@H](CC)N(Cc1ccc(C)cc1)C(=O)CN(c1ccc(Br)c(C)c1)S(C)(=O)=O. The van der Waals surface area contributed by atoms with Gasteiger partial charge >= 0.3 is 0 Å². The van der Waals surface area contributed by atoms with Crippen LogP contribution in [0.3, 0.4) is 0 Å². The molecule has 0 radical (unpaired) electrons. The van der Waals surface area contributed by atoms with Crippen molar-refractivity contribution in [3.05, 3.63) is 63.6 Å². The summed E-state index contributed by atoms with van der Waals surface area (Å²) < 4.78 is 27.3. The first kappa shape index (κ1) is 28.8. The Bertz CT molecular complexity index is 1140. The van der Waals surface area contributed by atoms with E-state index in [1.807, 2.05) is 58.9 Å². The summed E-state index contributed by atoms with van der Waals surface area (Å²) in [5.41, 5.74) is 3.19. The van der Waals surface area contributed by atoms with E-state index in [2.05, 4.69) is 21.2 Å². The van der Waals surface area contributed by atoms with Gasteiger partial charge in [0.15, 0.2) is 0 Å². The molecule has 0 aliphatic heterocycles. The molecule has 0 fully saturated rings. The minimum absolute atomic E-state index is 0.0360. The van der Waals surface area contributed by atoms with Crippen molar-refractivity contribution in [2.45, 2.75) is 66.1 Å². The molecule has 2 aromatic carbocycles. The molecule has 1 N–H and O–H groups in total. The summed E-state index contributed by atoms with van der Waals surface area (Å²) in [4.78, 5) is 28.3. The highest BCUT2D eigenvalue weighted by Crippen LogP contribution is 2.25. The second kappa shape index (κ2) is 12.5. The zero-order valence-electron chi connectivity index (χ0n) is 21.3. The van der Waals surface area contributed by atoms with E-state index in [-0.39, 0.29) is 18.5 Å². The molecule has 0 heterocycles. The van der Waals surface area contributed by atoms with E-state index in [1.54, 1.807) is 18.2 Å². The maximum absolute atomic E-state index is 13.7. The molecular formula is C26H36BrN3O4S. The molecule has 0 aliphatic rings. The Balaban J connectivity index is 2.45. The van der Waals surface area contributed by atoms with Crippen LogP contribution < -0.4 is 9.62 Å². The molecule has 0 aliphatic carbocycles. The zero-order chi connectivity index (χ0) is 26.3. The molecule has 0 spiro atoms. The Hall–Kier alpha value is -2.39. The minimum atomic E-state index is -3.76. The lowest BCUT2D eigenvalue weighted by molar-refractivity contribution is -0.140. The molecule has 0 saturated heterocycles. The van der Waals surface area contributed by atoms with Gasteiger partial charge in [-0.15, -0.1) is 0 Å². The van der Waals surface area contributed by atoms with Crippen LogP contribution in [0, 0.1) is 13.8 Å². The smallest absolute Gasteiger partial charge is 0.244 e. The van der Waals surface area contributed by atoms with E-state index in [4.69, 9.17) is 0 Å². The van der Waals surface area contributed by atoms with E-state index < -0.39 is 28.5 Å². The summed E-state index contributed by atoms with van der Waals surface area (Å²) >= 11 is 3.43. The number of anilines is 1. The van der Waals surface area contributed by atoms with Gasteiger partial charge in [-0.05, 0) is 62.9 Å². The normalized spacial score (nSPS) is 13.1. The third-order valence-electron chi connectivity index (χ3n) is 5.97. The molecule has 0 unspecified atom stereocenters. The number of benzene rings is 2. The molecule has 2 rings (SSSR count). The number of nitrogens with one attached hydrogen (secondary N) is 1. The van der Waals surface area contributed by atoms with Crippen molar-refractivity contribution >= 4 is 43.5 Å². The van der Waals surface area contributed by atoms with Gasteiger partial charge in [0.25, 0.3) is 0 Å². The van der Waals surface area contributed by atoms with Crippen LogP contribution in [0.5, 0.6) is 0 Å². The van der Waals surface area contributed by atoms with Crippen LogP contribution in [0.1, 0.15) is 50.3 Å². The van der Waals surface area contributed by atoms with Crippen LogP contribution in [0.15, 0.2) is 46.9 Å². The molecule has 2 amide bonds. The van der Waals surface area contributed by atoms with Gasteiger partial charge in [-0.2, -0.15) is 0 Å². The number of aryl methyl sites for hydroxylation is 2. The quantitative estimate of drug-likeness (QED) is 0.433. The standard InChI is InChI=1S/C26H36BrN3O4S/c1-7-20(5)28-26(32)24(8-2)29(16-21-11-9-18(3)10-12-21)25(31)17-30(35(6,33)34)22-13-14-23(27)19(4)15-22/h9-15,20,24H,7-8,16-17H2,1-6H3,(H,28,32)/t20-,24-/m1/s1. The number of carbonyl (C=O) groups is 2. The van der Waals surface area contributed by atoms with E-state index >= 15 is 0 Å². The van der Waals surface area contributed by atoms with Crippen molar-refractivity contribution in [3.63, 3.8) is 0 Å². The third-order valence-corrected chi connectivity index (χ3v) is 8.00. The van der Waals surface area contributed by atoms with Gasteiger partial charge < -0.3 is 10.2 Å². The van der Waals surface area contributed by atoms with E-state index in [0.717, 1.165) is 38.1 Å². The predicted molar refractivity (Wildman–Crippen MR) is 145 cm³/mol. The van der Waals surface area contributed by atoms with Gasteiger partial charge in [0.1, 0.15) is 12.6 Å². The van der Waals surface area contributed by atoms with Crippen molar-refractivity contribution in [1.82, 2.24) is 10.2 Å². The lowest BCUT2D eigenvalue weighted by atomic mass is 10.1. The maximum atomic E-state index is 13.7. The second-order valence-corrected chi connectivity index (χ2v) is 11.7. The molecule has 2 atom stereocenters. The number of sulfonamides is 1. The van der Waals surface area contributed by atoms with Crippen molar-refractivity contribution < 1.29 is 18.0 Å². The monoisotopic (exact) mass is 565 g/mol. The number of rotatable bonds is 11. The number of hydrogen-bond donors (Lipinski definition) is 1. The summed E-state index contributed by atoms with van der Waals surface area (Å²) in [6.07, 6.45) is 2.24. The lowest BCUT2D eigenvalue weighted by Gasteiger charge is -2.33. The lowest BCUT2D eigenvalue weighted by Crippen LogP contribution is -2.53. The summed E-state index contributed by atoms with van der Waals surface area (Å²) in [5, 5.41) is 2.97. The van der Waals surface area contributed by atoms with Crippen LogP contribution >= 0.6 is 15.9 Å². The first-order chi connectivity index (χ1) is 16.4. The summed E-state index contributed by atoms with van der Waals surface area (Å²) in [7, 11) is -3.76. The van der Waals surface area contributed by atoms with Crippen LogP contribution in [-0.4, -0.2) is 50.0 Å².